The number of hydrogen-bond donors (Lipinski definition) is 1. The van der Waals surface area contributed by atoms with Crippen molar-refractivity contribution in [3.8, 4) is 22.0 Å². The normalized spacial score (nSPS) is 10.6. The largest absolute Gasteiger partial charge is 0.349 e. The van der Waals surface area contributed by atoms with Gasteiger partial charge in [-0.2, -0.15) is 0 Å². The van der Waals surface area contributed by atoms with Gasteiger partial charge in [-0.15, -0.1) is 11.3 Å². The van der Waals surface area contributed by atoms with E-state index >= 15 is 0 Å². The molecular formula is C18H14N6S. The zero-order chi connectivity index (χ0) is 16.9. The van der Waals surface area contributed by atoms with Crippen LogP contribution in [0.3, 0.4) is 0 Å². The molecule has 122 valence electrons. The maximum Gasteiger partial charge on any atom is 0.223 e. The second-order valence-electron chi connectivity index (χ2n) is 5.22. The topological polar surface area (TPSA) is 76.5 Å². The van der Waals surface area contributed by atoms with Crippen LogP contribution in [0.4, 0.5) is 5.95 Å². The van der Waals surface area contributed by atoms with Crippen molar-refractivity contribution in [3.05, 3.63) is 72.3 Å². The van der Waals surface area contributed by atoms with Gasteiger partial charge < -0.3 is 5.32 Å². The van der Waals surface area contributed by atoms with Gasteiger partial charge in [0.2, 0.25) is 5.95 Å². The van der Waals surface area contributed by atoms with Crippen molar-refractivity contribution in [3.63, 3.8) is 0 Å². The molecule has 4 aromatic rings. The summed E-state index contributed by atoms with van der Waals surface area (Å²) in [6.45, 7) is 0.540. The smallest absolute Gasteiger partial charge is 0.223 e. The van der Waals surface area contributed by atoms with Crippen LogP contribution in [-0.4, -0.2) is 24.9 Å². The van der Waals surface area contributed by atoms with E-state index in [1.165, 1.54) is 6.33 Å². The van der Waals surface area contributed by atoms with Crippen molar-refractivity contribution in [1.29, 1.82) is 0 Å². The molecule has 0 saturated heterocycles. The second kappa shape index (κ2) is 7.14. The van der Waals surface area contributed by atoms with Gasteiger partial charge in [0.15, 0.2) is 0 Å². The Morgan fingerprint density at radius 3 is 2.64 bits per heavy atom. The number of thiazole rings is 1. The minimum absolute atomic E-state index is 0.540. The van der Waals surface area contributed by atoms with Crippen LogP contribution in [0.15, 0.2) is 66.6 Å². The van der Waals surface area contributed by atoms with Crippen molar-refractivity contribution >= 4 is 17.3 Å². The lowest BCUT2D eigenvalue weighted by Crippen LogP contribution is -2.05. The number of nitrogens with one attached hydrogen (secondary N) is 1. The summed E-state index contributed by atoms with van der Waals surface area (Å²) in [5.41, 5.74) is 3.62. The fourth-order valence-electron chi connectivity index (χ4n) is 2.28. The molecule has 0 aliphatic heterocycles. The zero-order valence-electron chi connectivity index (χ0n) is 13.2. The van der Waals surface area contributed by atoms with Gasteiger partial charge in [-0.05, 0) is 12.1 Å². The summed E-state index contributed by atoms with van der Waals surface area (Å²) in [6.07, 6.45) is 4.96. The molecule has 0 radical (unpaired) electrons. The molecule has 4 rings (SSSR count). The fourth-order valence-corrected chi connectivity index (χ4v) is 3.10. The van der Waals surface area contributed by atoms with Gasteiger partial charge in [-0.25, -0.2) is 24.9 Å². The summed E-state index contributed by atoms with van der Waals surface area (Å²) < 4.78 is 0. The zero-order valence-corrected chi connectivity index (χ0v) is 14.0. The van der Waals surface area contributed by atoms with Gasteiger partial charge >= 0.3 is 0 Å². The number of anilines is 1. The number of hydrogen-bond acceptors (Lipinski definition) is 7. The Balaban J connectivity index is 1.52. The average molecular weight is 346 g/mol. The SMILES string of the molecule is c1ccc(-c2nc(-c3ccnc(NCc4ccncn4)n3)cs2)cc1. The van der Waals surface area contributed by atoms with Crippen LogP contribution in [0.2, 0.25) is 0 Å². The summed E-state index contributed by atoms with van der Waals surface area (Å²) in [6, 6.07) is 13.8. The van der Waals surface area contributed by atoms with Gasteiger partial charge in [-0.1, -0.05) is 30.3 Å². The van der Waals surface area contributed by atoms with E-state index in [1.54, 1.807) is 23.7 Å². The summed E-state index contributed by atoms with van der Waals surface area (Å²) in [7, 11) is 0. The minimum Gasteiger partial charge on any atom is -0.349 e. The third-order valence-electron chi connectivity index (χ3n) is 3.51. The van der Waals surface area contributed by atoms with E-state index < -0.39 is 0 Å². The molecule has 0 fully saturated rings. The van der Waals surface area contributed by atoms with Gasteiger partial charge in [0.05, 0.1) is 17.9 Å². The molecular weight excluding hydrogens is 332 g/mol. The van der Waals surface area contributed by atoms with Crippen molar-refractivity contribution in [2.75, 3.05) is 5.32 Å². The van der Waals surface area contributed by atoms with Crippen molar-refractivity contribution in [2.24, 2.45) is 0 Å². The molecule has 3 aromatic heterocycles. The van der Waals surface area contributed by atoms with Gasteiger partial charge in [0.1, 0.15) is 17.0 Å². The Morgan fingerprint density at radius 1 is 0.880 bits per heavy atom. The van der Waals surface area contributed by atoms with Crippen LogP contribution in [0, 0.1) is 0 Å². The molecule has 0 aliphatic rings. The first kappa shape index (κ1) is 15.3. The Morgan fingerprint density at radius 2 is 1.80 bits per heavy atom. The highest BCUT2D eigenvalue weighted by atomic mass is 32.1. The molecule has 7 heteroatoms. The van der Waals surface area contributed by atoms with Crippen LogP contribution in [0.1, 0.15) is 5.69 Å². The van der Waals surface area contributed by atoms with Crippen LogP contribution in [0.5, 0.6) is 0 Å². The number of rotatable bonds is 5. The molecule has 0 aliphatic carbocycles. The lowest BCUT2D eigenvalue weighted by Gasteiger charge is -2.04. The van der Waals surface area contributed by atoms with Gasteiger partial charge in [-0.3, -0.25) is 0 Å². The van der Waals surface area contributed by atoms with Crippen LogP contribution < -0.4 is 5.32 Å². The van der Waals surface area contributed by atoms with E-state index in [0.717, 1.165) is 27.7 Å². The molecule has 1 N–H and O–H groups in total. The first-order valence-electron chi connectivity index (χ1n) is 7.71. The molecule has 0 unspecified atom stereocenters. The van der Waals surface area contributed by atoms with Crippen LogP contribution in [-0.2, 0) is 6.54 Å². The van der Waals surface area contributed by atoms with Gasteiger partial charge in [0, 0.05) is 23.3 Å². The number of nitrogens with zero attached hydrogens (tertiary/aromatic N) is 5. The summed E-state index contributed by atoms with van der Waals surface area (Å²) >= 11 is 1.60. The molecule has 0 atom stereocenters. The highest BCUT2D eigenvalue weighted by Crippen LogP contribution is 2.27. The first-order valence-corrected chi connectivity index (χ1v) is 8.59. The third kappa shape index (κ3) is 3.67. The summed E-state index contributed by atoms with van der Waals surface area (Å²) in [5.74, 6) is 0.547. The molecule has 1 aromatic carbocycles. The summed E-state index contributed by atoms with van der Waals surface area (Å²) in [4.78, 5) is 21.6. The number of aromatic nitrogens is 5. The molecule has 0 bridgehead atoms. The molecule has 25 heavy (non-hydrogen) atoms. The predicted molar refractivity (Wildman–Crippen MR) is 97.9 cm³/mol. The predicted octanol–water partition coefficient (Wildman–Crippen LogP) is 3.67. The van der Waals surface area contributed by atoms with Crippen LogP contribution in [0.25, 0.3) is 22.0 Å². The molecule has 6 nitrogen and oxygen atoms in total. The molecule has 0 spiro atoms. The van der Waals surface area contributed by atoms with E-state index in [2.05, 4.69) is 42.4 Å². The van der Waals surface area contributed by atoms with Crippen molar-refractivity contribution < 1.29 is 0 Å². The maximum absolute atomic E-state index is 4.69. The fraction of sp³-hybridized carbons (Fsp3) is 0.0556. The molecule has 0 amide bonds. The van der Waals surface area contributed by atoms with Gasteiger partial charge in [0.25, 0.3) is 0 Å². The van der Waals surface area contributed by atoms with E-state index in [-0.39, 0.29) is 0 Å². The standard InChI is InChI=1S/C18H14N6S/c1-2-4-13(5-3-1)17-23-16(11-25-17)15-7-9-20-18(24-15)21-10-14-6-8-19-12-22-14/h1-9,11-12H,10H2,(H,20,21,24). The van der Waals surface area contributed by atoms with E-state index in [4.69, 9.17) is 0 Å². The highest BCUT2D eigenvalue weighted by molar-refractivity contribution is 7.13. The van der Waals surface area contributed by atoms with E-state index in [0.29, 0.717) is 12.5 Å². The lowest BCUT2D eigenvalue weighted by molar-refractivity contribution is 0.978. The Labute approximate surface area is 148 Å². The van der Waals surface area contributed by atoms with Crippen LogP contribution >= 0.6 is 11.3 Å². The Bertz CT molecular complexity index is 955. The van der Waals surface area contributed by atoms with Crippen molar-refractivity contribution in [1.82, 2.24) is 24.9 Å². The minimum atomic E-state index is 0.540. The summed E-state index contributed by atoms with van der Waals surface area (Å²) in [5, 5.41) is 6.16. The average Bonchev–Trinajstić information content (AvgIpc) is 3.18. The van der Waals surface area contributed by atoms with E-state index in [1.807, 2.05) is 35.7 Å². The quantitative estimate of drug-likeness (QED) is 0.594. The Hall–Kier alpha value is -3.19. The first-order chi connectivity index (χ1) is 12.4. The monoisotopic (exact) mass is 346 g/mol. The lowest BCUT2D eigenvalue weighted by atomic mass is 10.2. The molecule has 0 saturated carbocycles. The third-order valence-corrected chi connectivity index (χ3v) is 4.41. The maximum atomic E-state index is 4.69. The molecule has 3 heterocycles. The van der Waals surface area contributed by atoms with Crippen molar-refractivity contribution in [2.45, 2.75) is 6.54 Å². The second-order valence-corrected chi connectivity index (χ2v) is 6.08. The Kier molecular flexibility index (Phi) is 4.38. The number of benzene rings is 1. The highest BCUT2D eigenvalue weighted by Gasteiger charge is 2.08. The van der Waals surface area contributed by atoms with E-state index in [9.17, 15) is 0 Å².